The first kappa shape index (κ1) is 13.8. The average molecular weight is 259 g/mol. The van der Waals surface area contributed by atoms with Gasteiger partial charge in [-0.05, 0) is 24.8 Å². The van der Waals surface area contributed by atoms with Gasteiger partial charge >= 0.3 is 0 Å². The maximum atomic E-state index is 12.3. The predicted octanol–water partition coefficient (Wildman–Crippen LogP) is 2.81. The van der Waals surface area contributed by atoms with Gasteiger partial charge in [0.05, 0.1) is 5.92 Å². The molecule has 0 aliphatic heterocycles. The van der Waals surface area contributed by atoms with Gasteiger partial charge in [0.25, 0.3) is 0 Å². The maximum Gasteiger partial charge on any atom is 0.227 e. The molecular formula is C16H21NO2. The van der Waals surface area contributed by atoms with Gasteiger partial charge < -0.3 is 5.32 Å². The van der Waals surface area contributed by atoms with Crippen molar-refractivity contribution in [3.05, 3.63) is 35.9 Å². The van der Waals surface area contributed by atoms with Crippen molar-refractivity contribution in [1.82, 2.24) is 5.32 Å². The number of hydrogen-bond acceptors (Lipinski definition) is 2. The first-order chi connectivity index (χ1) is 9.20. The highest BCUT2D eigenvalue weighted by atomic mass is 16.2. The Bertz CT molecular complexity index is 431. The van der Waals surface area contributed by atoms with Crippen molar-refractivity contribution in [2.24, 2.45) is 0 Å². The summed E-state index contributed by atoms with van der Waals surface area (Å²) < 4.78 is 0. The molecule has 0 bridgehead atoms. The molecule has 3 nitrogen and oxygen atoms in total. The van der Waals surface area contributed by atoms with Crippen molar-refractivity contribution in [3.63, 3.8) is 0 Å². The van der Waals surface area contributed by atoms with Crippen LogP contribution in [0.3, 0.4) is 0 Å². The molecule has 0 saturated heterocycles. The Morgan fingerprint density at radius 1 is 1.26 bits per heavy atom. The number of benzene rings is 1. The van der Waals surface area contributed by atoms with E-state index in [9.17, 15) is 9.59 Å². The fourth-order valence-electron chi connectivity index (χ4n) is 2.64. The van der Waals surface area contributed by atoms with Gasteiger partial charge in [0, 0.05) is 18.9 Å². The van der Waals surface area contributed by atoms with Gasteiger partial charge in [0.15, 0.2) is 0 Å². The van der Waals surface area contributed by atoms with Crippen LogP contribution in [0.1, 0.15) is 50.5 Å². The molecule has 1 N–H and O–H groups in total. The second-order valence-corrected chi connectivity index (χ2v) is 5.19. The highest BCUT2D eigenvalue weighted by molar-refractivity contribution is 5.84. The summed E-state index contributed by atoms with van der Waals surface area (Å²) in [6.45, 7) is 2.03. The Balaban J connectivity index is 1.96. The molecule has 1 aromatic rings. The first-order valence-corrected chi connectivity index (χ1v) is 7.07. The number of ketones is 1. The maximum absolute atomic E-state index is 12.3. The Labute approximate surface area is 114 Å². The smallest absolute Gasteiger partial charge is 0.227 e. The minimum absolute atomic E-state index is 0.0844. The molecule has 0 heterocycles. The molecule has 1 amide bonds. The largest absolute Gasteiger partial charge is 0.353 e. The zero-order valence-corrected chi connectivity index (χ0v) is 11.4. The molecular weight excluding hydrogens is 238 g/mol. The molecule has 1 fully saturated rings. The zero-order chi connectivity index (χ0) is 13.7. The van der Waals surface area contributed by atoms with E-state index < -0.39 is 0 Å². The molecule has 1 unspecified atom stereocenters. The molecule has 1 atom stereocenters. The molecule has 1 aliphatic rings. The molecule has 3 heteroatoms. The van der Waals surface area contributed by atoms with Crippen molar-refractivity contribution in [2.75, 3.05) is 0 Å². The fourth-order valence-corrected chi connectivity index (χ4v) is 2.64. The van der Waals surface area contributed by atoms with Crippen LogP contribution in [0.25, 0.3) is 0 Å². The van der Waals surface area contributed by atoms with E-state index in [1.165, 1.54) is 0 Å². The van der Waals surface area contributed by atoms with Crippen LogP contribution < -0.4 is 5.32 Å². The molecule has 2 rings (SSSR count). The van der Waals surface area contributed by atoms with E-state index in [0.717, 1.165) is 24.8 Å². The summed E-state index contributed by atoms with van der Waals surface area (Å²) in [5, 5.41) is 3.10. The van der Waals surface area contributed by atoms with E-state index >= 15 is 0 Å². The van der Waals surface area contributed by atoms with Crippen LogP contribution in [-0.2, 0) is 9.59 Å². The molecule has 1 saturated carbocycles. The van der Waals surface area contributed by atoms with Crippen LogP contribution in [0, 0.1) is 0 Å². The number of nitrogens with one attached hydrogen (secondary N) is 1. The Morgan fingerprint density at radius 2 is 1.89 bits per heavy atom. The van der Waals surface area contributed by atoms with Gasteiger partial charge in [-0.1, -0.05) is 37.3 Å². The zero-order valence-electron chi connectivity index (χ0n) is 11.4. The van der Waals surface area contributed by atoms with Crippen molar-refractivity contribution in [1.29, 1.82) is 0 Å². The van der Waals surface area contributed by atoms with Gasteiger partial charge in [-0.15, -0.1) is 0 Å². The Kier molecular flexibility index (Phi) is 4.72. The number of carbonyl (C=O) groups is 2. The van der Waals surface area contributed by atoms with Crippen LogP contribution in [0.2, 0.25) is 0 Å². The number of amides is 1. The Hall–Kier alpha value is -1.64. The summed E-state index contributed by atoms with van der Waals surface area (Å²) in [7, 11) is 0. The van der Waals surface area contributed by atoms with Crippen LogP contribution in [-0.4, -0.2) is 17.7 Å². The molecule has 19 heavy (non-hydrogen) atoms. The number of Topliss-reactive ketones (excluding diaryl/α,β-unsaturated/α-hetero) is 1. The van der Waals surface area contributed by atoms with E-state index in [1.807, 2.05) is 37.3 Å². The van der Waals surface area contributed by atoms with Gasteiger partial charge in [-0.3, -0.25) is 9.59 Å². The summed E-state index contributed by atoms with van der Waals surface area (Å²) in [6.07, 6.45) is 3.58. The normalized spacial score (nSPS) is 18.1. The molecule has 0 spiro atoms. The second kappa shape index (κ2) is 6.50. The van der Waals surface area contributed by atoms with E-state index in [-0.39, 0.29) is 17.9 Å². The van der Waals surface area contributed by atoms with E-state index in [4.69, 9.17) is 0 Å². The average Bonchev–Trinajstić information content (AvgIpc) is 2.43. The molecule has 1 aliphatic carbocycles. The van der Waals surface area contributed by atoms with Crippen LogP contribution >= 0.6 is 0 Å². The standard InChI is InChI=1S/C16H21NO2/c1-2-15(12-6-4-3-5-7-12)16(19)17-13-8-10-14(18)11-9-13/h3-7,13,15H,2,8-11H2,1H3,(H,17,19). The van der Waals surface area contributed by atoms with Crippen molar-refractivity contribution < 1.29 is 9.59 Å². The minimum Gasteiger partial charge on any atom is -0.353 e. The quantitative estimate of drug-likeness (QED) is 0.903. The molecule has 0 aromatic heterocycles. The minimum atomic E-state index is -0.0844. The molecule has 1 aromatic carbocycles. The summed E-state index contributed by atoms with van der Waals surface area (Å²) in [5.74, 6) is 0.326. The van der Waals surface area contributed by atoms with Crippen molar-refractivity contribution >= 4 is 11.7 Å². The van der Waals surface area contributed by atoms with Crippen LogP contribution in [0.5, 0.6) is 0 Å². The lowest BCUT2D eigenvalue weighted by Crippen LogP contribution is -2.40. The summed E-state index contributed by atoms with van der Waals surface area (Å²) in [5.41, 5.74) is 1.06. The monoisotopic (exact) mass is 259 g/mol. The highest BCUT2D eigenvalue weighted by Gasteiger charge is 2.24. The van der Waals surface area contributed by atoms with Gasteiger partial charge in [0.1, 0.15) is 5.78 Å². The summed E-state index contributed by atoms with van der Waals surface area (Å²) >= 11 is 0. The van der Waals surface area contributed by atoms with E-state index in [1.54, 1.807) is 0 Å². The van der Waals surface area contributed by atoms with E-state index in [0.29, 0.717) is 18.6 Å². The number of carbonyl (C=O) groups excluding carboxylic acids is 2. The Morgan fingerprint density at radius 3 is 2.47 bits per heavy atom. The lowest BCUT2D eigenvalue weighted by molar-refractivity contribution is -0.125. The second-order valence-electron chi connectivity index (χ2n) is 5.19. The SMILES string of the molecule is CCC(C(=O)NC1CCC(=O)CC1)c1ccccc1. The topological polar surface area (TPSA) is 46.2 Å². The summed E-state index contributed by atoms with van der Waals surface area (Å²) in [6, 6.07) is 10.1. The third-order valence-electron chi connectivity index (χ3n) is 3.82. The number of rotatable bonds is 4. The van der Waals surface area contributed by atoms with E-state index in [2.05, 4.69) is 5.32 Å². The van der Waals surface area contributed by atoms with Crippen LogP contribution in [0.4, 0.5) is 0 Å². The first-order valence-electron chi connectivity index (χ1n) is 7.07. The third-order valence-corrected chi connectivity index (χ3v) is 3.82. The highest BCUT2D eigenvalue weighted by Crippen LogP contribution is 2.21. The lowest BCUT2D eigenvalue weighted by Gasteiger charge is -2.25. The van der Waals surface area contributed by atoms with Crippen LogP contribution in [0.15, 0.2) is 30.3 Å². The number of hydrogen-bond donors (Lipinski definition) is 1. The van der Waals surface area contributed by atoms with Gasteiger partial charge in [-0.2, -0.15) is 0 Å². The lowest BCUT2D eigenvalue weighted by atomic mass is 9.92. The molecule has 102 valence electrons. The van der Waals surface area contributed by atoms with Crippen molar-refractivity contribution in [2.45, 2.75) is 51.0 Å². The predicted molar refractivity (Wildman–Crippen MR) is 74.9 cm³/mol. The molecule has 0 radical (unpaired) electrons. The fraction of sp³-hybridized carbons (Fsp3) is 0.500. The van der Waals surface area contributed by atoms with Gasteiger partial charge in [-0.25, -0.2) is 0 Å². The van der Waals surface area contributed by atoms with Gasteiger partial charge in [0.2, 0.25) is 5.91 Å². The third kappa shape index (κ3) is 3.66. The summed E-state index contributed by atoms with van der Waals surface area (Å²) in [4.78, 5) is 23.5. The van der Waals surface area contributed by atoms with Crippen molar-refractivity contribution in [3.8, 4) is 0 Å².